The van der Waals surface area contributed by atoms with Crippen LogP contribution in [-0.4, -0.2) is 47.9 Å². The predicted octanol–water partition coefficient (Wildman–Crippen LogP) is -0.602. The quantitative estimate of drug-likeness (QED) is 0.743. The number of nitrogens with one attached hydrogen (secondary N) is 1. The van der Waals surface area contributed by atoms with Gasteiger partial charge in [0, 0.05) is 37.9 Å². The first-order valence-corrected chi connectivity index (χ1v) is 6.45. The van der Waals surface area contributed by atoms with Crippen molar-refractivity contribution >= 4 is 11.8 Å². The second-order valence-electron chi connectivity index (χ2n) is 5.03. The van der Waals surface area contributed by atoms with Crippen LogP contribution in [0.1, 0.15) is 26.3 Å². The summed E-state index contributed by atoms with van der Waals surface area (Å²) in [5.41, 5.74) is 7.46. The maximum absolute atomic E-state index is 12.4. The summed E-state index contributed by atoms with van der Waals surface area (Å²) in [4.78, 5) is 29.9. The first-order valence-electron chi connectivity index (χ1n) is 6.45. The molecule has 6 heteroatoms. The summed E-state index contributed by atoms with van der Waals surface area (Å²) in [6, 6.07) is 0. The number of hydrogen-bond donors (Lipinski definition) is 2. The van der Waals surface area contributed by atoms with Crippen LogP contribution in [0.15, 0.2) is 12.4 Å². The van der Waals surface area contributed by atoms with Crippen molar-refractivity contribution in [3.63, 3.8) is 0 Å². The number of amides is 2. The molecule has 0 aromatic carbocycles. The van der Waals surface area contributed by atoms with Crippen LogP contribution in [0, 0.1) is 5.92 Å². The van der Waals surface area contributed by atoms with E-state index in [1.54, 1.807) is 11.1 Å². The Morgan fingerprint density at radius 2 is 2.26 bits per heavy atom. The van der Waals surface area contributed by atoms with E-state index in [2.05, 4.69) is 10.3 Å². The summed E-state index contributed by atoms with van der Waals surface area (Å²) in [5.74, 6) is 0.218. The second-order valence-corrected chi connectivity index (χ2v) is 5.03. The molecule has 0 spiro atoms. The molecule has 0 aliphatic carbocycles. The summed E-state index contributed by atoms with van der Waals surface area (Å²) >= 11 is 0. The molecule has 1 saturated heterocycles. The van der Waals surface area contributed by atoms with E-state index < -0.39 is 0 Å². The topological polar surface area (TPSA) is 88.3 Å². The minimum absolute atomic E-state index is 0.0382. The zero-order chi connectivity index (χ0) is 13.4. The van der Waals surface area contributed by atoms with Gasteiger partial charge in [-0.15, -0.1) is 0 Å². The summed E-state index contributed by atoms with van der Waals surface area (Å²) in [5, 5.41) is 2.76. The van der Waals surface area contributed by atoms with Gasteiger partial charge >= 0.3 is 0 Å². The Kier molecular flexibility index (Phi) is 2.94. The molecule has 0 bridgehead atoms. The van der Waals surface area contributed by atoms with Gasteiger partial charge in [-0.1, -0.05) is 0 Å². The summed E-state index contributed by atoms with van der Waals surface area (Å²) < 4.78 is 0. The summed E-state index contributed by atoms with van der Waals surface area (Å²) in [6.45, 7) is 2.58. The van der Waals surface area contributed by atoms with Gasteiger partial charge in [0.1, 0.15) is 0 Å². The standard InChI is InChI=1S/C13H16N4O2/c14-3-8-6-17(7-8)13(19)11-5-15-4-10-9(11)1-2-16-12(10)18/h4-5,8H,1-3,6-7,14H2,(H,16,18). The molecule has 3 rings (SSSR count). The molecule has 2 aliphatic rings. The Morgan fingerprint density at radius 1 is 1.47 bits per heavy atom. The maximum atomic E-state index is 12.4. The SMILES string of the molecule is NCC1CN(C(=O)c2cncc3c2CCNC3=O)C1. The van der Waals surface area contributed by atoms with Crippen molar-refractivity contribution in [1.82, 2.24) is 15.2 Å². The molecular formula is C13H16N4O2. The van der Waals surface area contributed by atoms with Crippen LogP contribution in [0.4, 0.5) is 0 Å². The minimum atomic E-state index is -0.146. The van der Waals surface area contributed by atoms with Crippen molar-refractivity contribution in [3.8, 4) is 0 Å². The molecule has 3 N–H and O–H groups in total. The molecule has 0 saturated carbocycles. The minimum Gasteiger partial charge on any atom is -0.352 e. The van der Waals surface area contributed by atoms with Gasteiger partial charge in [0.15, 0.2) is 0 Å². The van der Waals surface area contributed by atoms with Gasteiger partial charge in [0.05, 0.1) is 11.1 Å². The monoisotopic (exact) mass is 260 g/mol. The lowest BCUT2D eigenvalue weighted by Crippen LogP contribution is -2.53. The third-order valence-corrected chi connectivity index (χ3v) is 3.77. The molecular weight excluding hydrogens is 244 g/mol. The molecule has 2 aliphatic heterocycles. The Morgan fingerprint density at radius 3 is 3.00 bits per heavy atom. The maximum Gasteiger partial charge on any atom is 0.255 e. The number of nitrogens with zero attached hydrogens (tertiary/aromatic N) is 2. The van der Waals surface area contributed by atoms with Gasteiger partial charge < -0.3 is 16.0 Å². The molecule has 0 radical (unpaired) electrons. The Balaban J connectivity index is 1.87. The van der Waals surface area contributed by atoms with Gasteiger partial charge in [0.25, 0.3) is 11.8 Å². The number of aromatic nitrogens is 1. The predicted molar refractivity (Wildman–Crippen MR) is 68.7 cm³/mol. The number of carbonyl (C=O) groups is 2. The highest BCUT2D eigenvalue weighted by Crippen LogP contribution is 2.22. The van der Waals surface area contributed by atoms with Gasteiger partial charge in [-0.25, -0.2) is 0 Å². The third-order valence-electron chi connectivity index (χ3n) is 3.77. The van der Waals surface area contributed by atoms with Crippen LogP contribution in [-0.2, 0) is 6.42 Å². The van der Waals surface area contributed by atoms with Gasteiger partial charge in [-0.05, 0) is 18.5 Å². The smallest absolute Gasteiger partial charge is 0.255 e. The van der Waals surface area contributed by atoms with Crippen LogP contribution in [0.2, 0.25) is 0 Å². The lowest BCUT2D eigenvalue weighted by molar-refractivity contribution is 0.0513. The zero-order valence-electron chi connectivity index (χ0n) is 10.6. The Labute approximate surface area is 111 Å². The van der Waals surface area contributed by atoms with Crippen molar-refractivity contribution in [2.24, 2.45) is 11.7 Å². The molecule has 0 unspecified atom stereocenters. The zero-order valence-corrected chi connectivity index (χ0v) is 10.6. The normalized spacial score (nSPS) is 18.6. The average molecular weight is 260 g/mol. The molecule has 3 heterocycles. The van der Waals surface area contributed by atoms with E-state index in [0.29, 0.717) is 49.6 Å². The number of hydrogen-bond acceptors (Lipinski definition) is 4. The van der Waals surface area contributed by atoms with Crippen LogP contribution >= 0.6 is 0 Å². The fraction of sp³-hybridized carbons (Fsp3) is 0.462. The van der Waals surface area contributed by atoms with E-state index in [9.17, 15) is 9.59 Å². The Bertz CT molecular complexity index is 537. The number of likely N-dealkylation sites (tertiary alicyclic amines) is 1. The van der Waals surface area contributed by atoms with E-state index in [4.69, 9.17) is 5.73 Å². The van der Waals surface area contributed by atoms with Crippen LogP contribution < -0.4 is 11.1 Å². The van der Waals surface area contributed by atoms with E-state index in [-0.39, 0.29) is 11.8 Å². The number of nitrogens with two attached hydrogens (primary N) is 1. The van der Waals surface area contributed by atoms with E-state index in [1.165, 1.54) is 6.20 Å². The van der Waals surface area contributed by atoms with Gasteiger partial charge in [-0.3, -0.25) is 14.6 Å². The van der Waals surface area contributed by atoms with Crippen LogP contribution in [0.5, 0.6) is 0 Å². The molecule has 6 nitrogen and oxygen atoms in total. The first kappa shape index (κ1) is 12.1. The first-order chi connectivity index (χ1) is 9.20. The lowest BCUT2D eigenvalue weighted by atomic mass is 9.94. The van der Waals surface area contributed by atoms with Crippen molar-refractivity contribution in [1.29, 1.82) is 0 Å². The summed E-state index contributed by atoms with van der Waals surface area (Å²) in [6.07, 6.45) is 3.77. The molecule has 0 atom stereocenters. The average Bonchev–Trinajstić information content (AvgIpc) is 2.37. The number of fused-ring (bicyclic) bond motifs is 1. The van der Waals surface area contributed by atoms with Crippen LogP contribution in [0.25, 0.3) is 0 Å². The van der Waals surface area contributed by atoms with Crippen molar-refractivity contribution in [2.75, 3.05) is 26.2 Å². The number of carbonyl (C=O) groups excluding carboxylic acids is 2. The number of pyridine rings is 1. The highest BCUT2D eigenvalue weighted by molar-refractivity contribution is 6.02. The summed E-state index contributed by atoms with van der Waals surface area (Å²) in [7, 11) is 0. The lowest BCUT2D eigenvalue weighted by Gasteiger charge is -2.39. The molecule has 100 valence electrons. The van der Waals surface area contributed by atoms with Crippen LogP contribution in [0.3, 0.4) is 0 Å². The molecule has 1 aromatic rings. The van der Waals surface area contributed by atoms with Crippen molar-refractivity contribution < 1.29 is 9.59 Å². The molecule has 19 heavy (non-hydrogen) atoms. The largest absolute Gasteiger partial charge is 0.352 e. The van der Waals surface area contributed by atoms with E-state index in [0.717, 1.165) is 5.56 Å². The van der Waals surface area contributed by atoms with Gasteiger partial charge in [0.2, 0.25) is 0 Å². The molecule has 1 fully saturated rings. The van der Waals surface area contributed by atoms with Gasteiger partial charge in [-0.2, -0.15) is 0 Å². The fourth-order valence-corrected chi connectivity index (χ4v) is 2.59. The highest BCUT2D eigenvalue weighted by atomic mass is 16.2. The number of rotatable bonds is 2. The molecule has 2 amide bonds. The van der Waals surface area contributed by atoms with Crippen molar-refractivity contribution in [2.45, 2.75) is 6.42 Å². The highest BCUT2D eigenvalue weighted by Gasteiger charge is 2.32. The Hall–Kier alpha value is -1.95. The van der Waals surface area contributed by atoms with E-state index in [1.807, 2.05) is 0 Å². The molecule has 1 aromatic heterocycles. The van der Waals surface area contributed by atoms with E-state index >= 15 is 0 Å². The third kappa shape index (κ3) is 1.98. The second kappa shape index (κ2) is 4.62. The fourth-order valence-electron chi connectivity index (χ4n) is 2.59. The van der Waals surface area contributed by atoms with Crippen molar-refractivity contribution in [3.05, 3.63) is 29.1 Å².